The zero-order chi connectivity index (χ0) is 13.8. The van der Waals surface area contributed by atoms with Gasteiger partial charge in [0.2, 0.25) is 0 Å². The molecule has 5 nitrogen and oxygen atoms in total. The maximum Gasteiger partial charge on any atom is 0.122 e. The van der Waals surface area contributed by atoms with Crippen LogP contribution in [-0.2, 0) is 6.54 Å². The molecule has 0 amide bonds. The summed E-state index contributed by atoms with van der Waals surface area (Å²) >= 11 is 0. The first kappa shape index (κ1) is 13.5. The van der Waals surface area contributed by atoms with E-state index in [-0.39, 0.29) is 6.04 Å². The maximum atomic E-state index is 5.77. The highest BCUT2D eigenvalue weighted by Gasteiger charge is 2.05. The molecule has 0 bridgehead atoms. The van der Waals surface area contributed by atoms with Gasteiger partial charge in [-0.3, -0.25) is 0 Å². The van der Waals surface area contributed by atoms with Crippen molar-refractivity contribution in [3.05, 3.63) is 41.2 Å². The third-order valence-electron chi connectivity index (χ3n) is 2.94. The second kappa shape index (κ2) is 5.84. The van der Waals surface area contributed by atoms with E-state index < -0.39 is 0 Å². The summed E-state index contributed by atoms with van der Waals surface area (Å²) in [6.07, 6.45) is 1.86. The lowest BCUT2D eigenvalue weighted by Gasteiger charge is -2.09. The number of aromatic nitrogens is 3. The molecule has 0 aliphatic rings. The van der Waals surface area contributed by atoms with Gasteiger partial charge >= 0.3 is 0 Å². The molecule has 102 valence electrons. The van der Waals surface area contributed by atoms with Gasteiger partial charge in [0, 0.05) is 6.04 Å². The van der Waals surface area contributed by atoms with E-state index in [0.29, 0.717) is 13.2 Å². The van der Waals surface area contributed by atoms with E-state index in [1.165, 1.54) is 5.56 Å². The van der Waals surface area contributed by atoms with Crippen molar-refractivity contribution < 1.29 is 4.74 Å². The normalized spacial score (nSPS) is 12.4. The van der Waals surface area contributed by atoms with Gasteiger partial charge in [0.25, 0.3) is 0 Å². The summed E-state index contributed by atoms with van der Waals surface area (Å²) in [5, 5.41) is 8.02. The molecule has 0 radical (unpaired) electrons. The summed E-state index contributed by atoms with van der Waals surface area (Å²) in [4.78, 5) is 0. The van der Waals surface area contributed by atoms with Gasteiger partial charge in [-0.25, -0.2) is 4.68 Å². The van der Waals surface area contributed by atoms with Crippen LogP contribution in [0.15, 0.2) is 24.4 Å². The Morgan fingerprint density at radius 3 is 2.84 bits per heavy atom. The number of hydrogen-bond donors (Lipinski definition) is 1. The van der Waals surface area contributed by atoms with E-state index >= 15 is 0 Å². The Balaban J connectivity index is 1.90. The van der Waals surface area contributed by atoms with Crippen molar-refractivity contribution in [2.45, 2.75) is 33.4 Å². The highest BCUT2D eigenvalue weighted by atomic mass is 16.5. The Labute approximate surface area is 113 Å². The number of aryl methyl sites for hydroxylation is 2. The van der Waals surface area contributed by atoms with Crippen LogP contribution in [0.1, 0.15) is 29.8 Å². The highest BCUT2D eigenvalue weighted by molar-refractivity contribution is 5.35. The van der Waals surface area contributed by atoms with Gasteiger partial charge < -0.3 is 10.5 Å². The first-order valence-corrected chi connectivity index (χ1v) is 6.42. The first-order chi connectivity index (χ1) is 9.06. The predicted molar refractivity (Wildman–Crippen MR) is 74.0 cm³/mol. The third kappa shape index (κ3) is 3.54. The molecule has 0 saturated heterocycles. The van der Waals surface area contributed by atoms with Gasteiger partial charge in [0.15, 0.2) is 0 Å². The smallest absolute Gasteiger partial charge is 0.122 e. The molecule has 1 aromatic carbocycles. The molecular weight excluding hydrogens is 240 g/mol. The number of nitrogens with zero attached hydrogens (tertiary/aromatic N) is 3. The van der Waals surface area contributed by atoms with Gasteiger partial charge in [-0.05, 0) is 38.0 Å². The van der Waals surface area contributed by atoms with E-state index in [0.717, 1.165) is 17.0 Å². The highest BCUT2D eigenvalue weighted by Crippen LogP contribution is 2.18. The van der Waals surface area contributed by atoms with Gasteiger partial charge in [-0.15, -0.1) is 5.10 Å². The zero-order valence-electron chi connectivity index (χ0n) is 11.6. The lowest BCUT2D eigenvalue weighted by molar-refractivity contribution is 0.288. The molecule has 0 saturated carbocycles. The van der Waals surface area contributed by atoms with Gasteiger partial charge in [-0.2, -0.15) is 0 Å². The molecule has 5 heteroatoms. The predicted octanol–water partition coefficient (Wildman–Crippen LogP) is 1.99. The average molecular weight is 260 g/mol. The third-order valence-corrected chi connectivity index (χ3v) is 2.94. The van der Waals surface area contributed by atoms with Crippen molar-refractivity contribution in [3.63, 3.8) is 0 Å². The van der Waals surface area contributed by atoms with Crippen molar-refractivity contribution in [3.8, 4) is 5.75 Å². The summed E-state index contributed by atoms with van der Waals surface area (Å²) in [5.74, 6) is 0.924. The van der Waals surface area contributed by atoms with Crippen molar-refractivity contribution in [2.75, 3.05) is 6.61 Å². The van der Waals surface area contributed by atoms with Crippen LogP contribution in [0.5, 0.6) is 5.75 Å². The Morgan fingerprint density at radius 2 is 2.16 bits per heavy atom. The van der Waals surface area contributed by atoms with Gasteiger partial charge in [0.05, 0.1) is 18.4 Å². The Hall–Kier alpha value is -1.88. The summed E-state index contributed by atoms with van der Waals surface area (Å²) < 4.78 is 7.53. The quantitative estimate of drug-likeness (QED) is 0.893. The lowest BCUT2D eigenvalue weighted by atomic mass is 10.1. The molecule has 0 aliphatic carbocycles. The second-order valence-electron chi connectivity index (χ2n) is 4.81. The van der Waals surface area contributed by atoms with Crippen LogP contribution in [0.3, 0.4) is 0 Å². The minimum absolute atomic E-state index is 0.0892. The molecular formula is C14H20N4O. The van der Waals surface area contributed by atoms with Crippen molar-refractivity contribution in [2.24, 2.45) is 5.73 Å². The van der Waals surface area contributed by atoms with Crippen molar-refractivity contribution in [1.29, 1.82) is 0 Å². The fraction of sp³-hybridized carbons (Fsp3) is 0.429. The maximum absolute atomic E-state index is 5.77. The Bertz CT molecular complexity index is 548. The zero-order valence-corrected chi connectivity index (χ0v) is 11.6. The van der Waals surface area contributed by atoms with E-state index in [1.807, 2.05) is 26.1 Å². The van der Waals surface area contributed by atoms with Crippen LogP contribution in [0.25, 0.3) is 0 Å². The molecule has 1 aromatic heterocycles. The van der Waals surface area contributed by atoms with Crippen molar-refractivity contribution in [1.82, 2.24) is 15.0 Å². The SMILES string of the molecule is Cc1ccc(C)c(OCCn2cc(C(C)N)nn2)c1. The molecule has 2 aromatic rings. The van der Waals surface area contributed by atoms with Gasteiger partial charge in [-0.1, -0.05) is 17.3 Å². The van der Waals surface area contributed by atoms with Crippen LogP contribution >= 0.6 is 0 Å². The minimum atomic E-state index is -0.0892. The van der Waals surface area contributed by atoms with Crippen LogP contribution in [0, 0.1) is 13.8 Å². The number of ether oxygens (including phenoxy) is 1. The number of nitrogens with two attached hydrogens (primary N) is 1. The first-order valence-electron chi connectivity index (χ1n) is 6.42. The van der Waals surface area contributed by atoms with E-state index in [4.69, 9.17) is 10.5 Å². The fourth-order valence-electron chi connectivity index (χ4n) is 1.74. The summed E-state index contributed by atoms with van der Waals surface area (Å²) in [6, 6.07) is 6.10. The molecule has 0 aliphatic heterocycles. The van der Waals surface area contributed by atoms with E-state index in [9.17, 15) is 0 Å². The summed E-state index contributed by atoms with van der Waals surface area (Å²) in [7, 11) is 0. The number of rotatable bonds is 5. The molecule has 0 spiro atoms. The van der Waals surface area contributed by atoms with Crippen LogP contribution in [-0.4, -0.2) is 21.6 Å². The van der Waals surface area contributed by atoms with Crippen molar-refractivity contribution >= 4 is 0 Å². The van der Waals surface area contributed by atoms with Crippen LogP contribution < -0.4 is 10.5 Å². The Morgan fingerprint density at radius 1 is 1.37 bits per heavy atom. The average Bonchev–Trinajstić information content (AvgIpc) is 2.82. The molecule has 1 atom stereocenters. The summed E-state index contributed by atoms with van der Waals surface area (Å²) in [6.45, 7) is 7.21. The molecule has 0 fully saturated rings. The topological polar surface area (TPSA) is 66.0 Å². The standard InChI is InChI=1S/C14H20N4O/c1-10-4-5-11(2)14(8-10)19-7-6-18-9-13(12(3)15)16-17-18/h4-5,8-9,12H,6-7,15H2,1-3H3. The van der Waals surface area contributed by atoms with E-state index in [1.54, 1.807) is 4.68 Å². The molecule has 2 N–H and O–H groups in total. The van der Waals surface area contributed by atoms with E-state index in [2.05, 4.69) is 29.4 Å². The molecule has 1 heterocycles. The molecule has 19 heavy (non-hydrogen) atoms. The number of hydrogen-bond acceptors (Lipinski definition) is 4. The molecule has 1 unspecified atom stereocenters. The monoisotopic (exact) mass is 260 g/mol. The van der Waals surface area contributed by atoms with Crippen LogP contribution in [0.4, 0.5) is 0 Å². The summed E-state index contributed by atoms with van der Waals surface area (Å²) in [5.41, 5.74) is 8.87. The largest absolute Gasteiger partial charge is 0.491 e. The fourth-order valence-corrected chi connectivity index (χ4v) is 1.74. The molecule has 2 rings (SSSR count). The minimum Gasteiger partial charge on any atom is -0.491 e. The van der Waals surface area contributed by atoms with Gasteiger partial charge in [0.1, 0.15) is 12.4 Å². The van der Waals surface area contributed by atoms with Crippen LogP contribution in [0.2, 0.25) is 0 Å². The Kier molecular flexibility index (Phi) is 4.16. The number of benzene rings is 1. The lowest BCUT2D eigenvalue weighted by Crippen LogP contribution is -2.09. The second-order valence-corrected chi connectivity index (χ2v) is 4.81.